The smallest absolute Gasteiger partial charge is 0.333 e. The lowest BCUT2D eigenvalue weighted by Gasteiger charge is -2.32. The van der Waals surface area contributed by atoms with Gasteiger partial charge >= 0.3 is 17.9 Å². The van der Waals surface area contributed by atoms with Gasteiger partial charge in [-0.2, -0.15) is 0 Å². The van der Waals surface area contributed by atoms with Crippen molar-refractivity contribution in [2.45, 2.75) is 206 Å². The van der Waals surface area contributed by atoms with E-state index in [2.05, 4.69) is 31.9 Å². The van der Waals surface area contributed by atoms with E-state index >= 15 is 0 Å². The highest BCUT2D eigenvalue weighted by Gasteiger charge is 2.35. The van der Waals surface area contributed by atoms with Crippen molar-refractivity contribution >= 4 is 88.8 Å². The Morgan fingerprint density at radius 3 is 0.658 bits per heavy atom. The lowest BCUT2D eigenvalue weighted by atomic mass is 9.88. The molecule has 0 atom stereocenters. The van der Waals surface area contributed by atoms with Gasteiger partial charge in [-0.15, -0.1) is 15.2 Å². The van der Waals surface area contributed by atoms with Gasteiger partial charge in [0, 0.05) is 141 Å². The highest BCUT2D eigenvalue weighted by atomic mass is 16.7. The molecule has 0 aliphatic carbocycles. The predicted octanol–water partition coefficient (Wildman–Crippen LogP) is 2.46. The summed E-state index contributed by atoms with van der Waals surface area (Å²) in [5.74, 6) is -5.91. The maximum Gasteiger partial charge on any atom is 0.333 e. The zero-order chi connectivity index (χ0) is 84.9. The predicted molar refractivity (Wildman–Crippen MR) is 413 cm³/mol. The lowest BCUT2D eigenvalue weighted by Crippen LogP contribution is -2.38. The minimum atomic E-state index is -0.687. The third-order valence-corrected chi connectivity index (χ3v) is 18.0. The monoisotopic (exact) mass is 1670 g/mol. The molecule has 39 heteroatoms. The van der Waals surface area contributed by atoms with Crippen LogP contribution in [0, 0.1) is 5.41 Å². The van der Waals surface area contributed by atoms with Crippen LogP contribution in [0.15, 0.2) is 0 Å². The maximum absolute atomic E-state index is 12.7. The zero-order valence-corrected chi connectivity index (χ0v) is 68.7. The van der Waals surface area contributed by atoms with Crippen molar-refractivity contribution in [2.75, 3.05) is 198 Å². The summed E-state index contributed by atoms with van der Waals surface area (Å²) in [6.07, 6.45) is 13.6. The maximum atomic E-state index is 12.7. The van der Waals surface area contributed by atoms with E-state index in [1.807, 2.05) is 6.92 Å². The van der Waals surface area contributed by atoms with Crippen molar-refractivity contribution in [3.05, 3.63) is 0 Å². The summed E-state index contributed by atoms with van der Waals surface area (Å²) in [6.45, 7) is 10.2. The fourth-order valence-corrected chi connectivity index (χ4v) is 11.1. The van der Waals surface area contributed by atoms with Crippen LogP contribution >= 0.6 is 0 Å². The Bertz CT molecular complexity index is 2560. The SMILES string of the molecule is CCC(COCCC(=O)NCCOCCOCCOCCC(=O)NCCCCCCCC(=O)ON1C(=O)CCC1=O)(COCCC(=O)NCCOCCOCCOCCC(=O)NCCCCCCCC(=O)ON1C(=O)CCC1=O)COCCC(=O)NCCOCCOCCOCCC(=O)NCCCCCCCC(=O)ON1C(=O)CCC1=O. The average Bonchev–Trinajstić information content (AvgIpc) is 1.75. The van der Waals surface area contributed by atoms with Gasteiger partial charge in [0.15, 0.2) is 0 Å². The average molecular weight is 1670 g/mol. The highest BCUT2D eigenvalue weighted by molar-refractivity contribution is 6.03. The van der Waals surface area contributed by atoms with Crippen LogP contribution in [0.4, 0.5) is 0 Å². The number of hydroxylamine groups is 6. The van der Waals surface area contributed by atoms with Gasteiger partial charge < -0.3 is 103 Å². The molecule has 0 aromatic carbocycles. The Morgan fingerprint density at radius 1 is 0.239 bits per heavy atom. The minimum absolute atomic E-state index is 0.0526. The van der Waals surface area contributed by atoms with Crippen molar-refractivity contribution in [1.82, 2.24) is 47.1 Å². The first-order chi connectivity index (χ1) is 56.8. The van der Waals surface area contributed by atoms with Gasteiger partial charge in [0.2, 0.25) is 35.4 Å². The van der Waals surface area contributed by atoms with Crippen LogP contribution in [-0.2, 0) is 143 Å². The molecule has 0 aromatic heterocycles. The van der Waals surface area contributed by atoms with Crippen molar-refractivity contribution in [3.8, 4) is 0 Å². The molecule has 0 saturated carbocycles. The minimum Gasteiger partial charge on any atom is -0.380 e. The van der Waals surface area contributed by atoms with Crippen molar-refractivity contribution in [2.24, 2.45) is 5.41 Å². The molecule has 0 radical (unpaired) electrons. The van der Waals surface area contributed by atoms with Crippen molar-refractivity contribution in [3.63, 3.8) is 0 Å². The van der Waals surface area contributed by atoms with Crippen LogP contribution < -0.4 is 31.9 Å². The molecular formula is C78H131N9O30. The Labute approximate surface area is 685 Å². The summed E-state index contributed by atoms with van der Waals surface area (Å²) in [5.41, 5.74) is -0.687. The normalized spacial score (nSPS) is 13.6. The van der Waals surface area contributed by atoms with E-state index in [4.69, 9.17) is 71.4 Å². The van der Waals surface area contributed by atoms with Gasteiger partial charge in [-0.05, 0) is 44.9 Å². The van der Waals surface area contributed by atoms with E-state index in [9.17, 15) is 71.9 Å². The first-order valence-corrected chi connectivity index (χ1v) is 41.5. The van der Waals surface area contributed by atoms with E-state index in [-0.39, 0.29) is 231 Å². The van der Waals surface area contributed by atoms with Crippen LogP contribution in [0.25, 0.3) is 0 Å². The molecule has 0 aromatic rings. The number of unbranched alkanes of at least 4 members (excludes halogenated alkanes) is 12. The first-order valence-electron chi connectivity index (χ1n) is 41.5. The molecule has 3 aliphatic heterocycles. The van der Waals surface area contributed by atoms with Crippen molar-refractivity contribution < 1.29 is 143 Å². The molecule has 668 valence electrons. The van der Waals surface area contributed by atoms with Crippen LogP contribution in [0.3, 0.4) is 0 Å². The third kappa shape index (κ3) is 55.5. The molecule has 117 heavy (non-hydrogen) atoms. The molecule has 3 aliphatic rings. The van der Waals surface area contributed by atoms with Gasteiger partial charge in [0.05, 0.1) is 159 Å². The molecular weight excluding hydrogens is 1540 g/mol. The highest BCUT2D eigenvalue weighted by Crippen LogP contribution is 2.25. The number of imide groups is 3. The van der Waals surface area contributed by atoms with Crippen molar-refractivity contribution in [1.29, 1.82) is 0 Å². The first kappa shape index (κ1) is 103. The quantitative estimate of drug-likeness (QED) is 0.0376. The van der Waals surface area contributed by atoms with E-state index in [1.54, 1.807) is 0 Å². The van der Waals surface area contributed by atoms with Crippen LogP contribution in [0.1, 0.15) is 206 Å². The van der Waals surface area contributed by atoms with E-state index in [0.717, 1.165) is 77.0 Å². The van der Waals surface area contributed by atoms with E-state index in [0.29, 0.717) is 140 Å². The third-order valence-electron chi connectivity index (χ3n) is 18.0. The second-order valence-electron chi connectivity index (χ2n) is 27.8. The van der Waals surface area contributed by atoms with Gasteiger partial charge in [0.25, 0.3) is 35.4 Å². The number of carbonyl (C=O) groups is 15. The molecule has 6 N–H and O–H groups in total. The summed E-state index contributed by atoms with van der Waals surface area (Å²) >= 11 is 0. The second kappa shape index (κ2) is 69.0. The Morgan fingerprint density at radius 2 is 0.427 bits per heavy atom. The molecule has 0 spiro atoms. The topological polar surface area (TPSA) is 476 Å². The number of ether oxygens (including phenoxy) is 12. The second-order valence-corrected chi connectivity index (χ2v) is 27.8. The molecule has 3 fully saturated rings. The summed E-state index contributed by atoms with van der Waals surface area (Å²) < 4.78 is 68.0. The number of rotatable bonds is 79. The summed E-state index contributed by atoms with van der Waals surface area (Å²) in [6, 6.07) is 0. The standard InChI is InChI=1S/C78H131N9O30/c1-2-78(60-112-42-30-66(91)82-36-45-106-51-57-109-54-48-103-39-27-63(88)79-33-15-9-3-6-12-18-75(100)115-85-69(94)21-22-70(85)95,61-113-43-31-67(92)83-37-46-107-52-58-110-55-49-104-40-28-64(89)80-34-16-10-4-7-13-19-76(101)116-86-71(96)23-24-72(86)97)62-114-44-32-68(93)84-38-47-108-53-59-111-56-50-105-41-29-65(90)81-35-17-11-5-8-14-20-77(102)117-87-73(98)25-26-74(87)99/h2-62H2,1H3,(H,79,88)(H,80,89)(H,81,90)(H,82,91)(H,83,92)(H,84,93). The summed E-state index contributed by atoms with van der Waals surface area (Å²) in [4.78, 5) is 194. The molecule has 0 bridgehead atoms. The number of nitrogens with one attached hydrogen (secondary N) is 6. The van der Waals surface area contributed by atoms with Crippen LogP contribution in [0.5, 0.6) is 0 Å². The number of amides is 12. The number of hydrogen-bond donors (Lipinski definition) is 6. The molecule has 3 saturated heterocycles. The number of nitrogens with zero attached hydrogens (tertiary/aromatic N) is 3. The summed E-state index contributed by atoms with van der Waals surface area (Å²) in [5, 5.41) is 18.7. The Kier molecular flexibility index (Phi) is 61.0. The lowest BCUT2D eigenvalue weighted by molar-refractivity contribution is -0.197. The number of hydrogen-bond acceptors (Lipinski definition) is 30. The van der Waals surface area contributed by atoms with Gasteiger partial charge in [-0.3, -0.25) is 57.5 Å². The molecule has 0 unspecified atom stereocenters. The fraction of sp³-hybridized carbons (Fsp3) is 0.808. The van der Waals surface area contributed by atoms with E-state index in [1.165, 1.54) is 0 Å². The molecule has 39 nitrogen and oxygen atoms in total. The molecule has 12 amide bonds. The van der Waals surface area contributed by atoms with Gasteiger partial charge in [-0.1, -0.05) is 64.7 Å². The number of carbonyl (C=O) groups excluding carboxylic acids is 15. The largest absolute Gasteiger partial charge is 0.380 e. The van der Waals surface area contributed by atoms with Gasteiger partial charge in [0.1, 0.15) is 0 Å². The van der Waals surface area contributed by atoms with E-state index < -0.39 is 58.8 Å². The Hall–Kier alpha value is -7.83. The van der Waals surface area contributed by atoms with Gasteiger partial charge in [-0.25, -0.2) is 14.4 Å². The Balaban J connectivity index is 1.20. The summed E-state index contributed by atoms with van der Waals surface area (Å²) in [7, 11) is 0. The van der Waals surface area contributed by atoms with Crippen LogP contribution in [0.2, 0.25) is 0 Å². The van der Waals surface area contributed by atoms with Crippen LogP contribution in [-0.4, -0.2) is 302 Å². The zero-order valence-electron chi connectivity index (χ0n) is 68.7. The molecule has 3 heterocycles. The molecule has 3 rings (SSSR count). The fourth-order valence-electron chi connectivity index (χ4n) is 11.1.